The third-order valence-electron chi connectivity index (χ3n) is 4.26. The van der Waals surface area contributed by atoms with E-state index in [2.05, 4.69) is 29.3 Å². The third-order valence-corrected chi connectivity index (χ3v) is 4.26. The second-order valence-electron chi connectivity index (χ2n) is 6.50. The number of halogens is 1. The maximum Gasteiger partial charge on any atom is 0.193 e. The molecule has 1 fully saturated rings. The van der Waals surface area contributed by atoms with Gasteiger partial charge in [0, 0.05) is 24.2 Å². The van der Waals surface area contributed by atoms with E-state index < -0.39 is 0 Å². The molecule has 1 aromatic rings. The summed E-state index contributed by atoms with van der Waals surface area (Å²) >= 11 is 0. The molecule has 5 nitrogen and oxygen atoms in total. The Morgan fingerprint density at radius 1 is 1.26 bits per heavy atom. The Morgan fingerprint density at radius 2 is 1.87 bits per heavy atom. The topological polar surface area (TPSA) is 62.9 Å². The number of anilines is 1. The molecule has 0 bridgehead atoms. The number of ether oxygens (including phenoxy) is 1. The lowest BCUT2D eigenvalue weighted by Gasteiger charge is -2.30. The third kappa shape index (κ3) is 6.18. The van der Waals surface area contributed by atoms with Crippen molar-refractivity contribution in [2.24, 2.45) is 16.1 Å². The first-order valence-corrected chi connectivity index (χ1v) is 7.89. The van der Waals surface area contributed by atoms with E-state index in [1.54, 1.807) is 7.11 Å². The fraction of sp³-hybridized carbons (Fsp3) is 0.588. The van der Waals surface area contributed by atoms with E-state index in [0.29, 0.717) is 5.96 Å². The van der Waals surface area contributed by atoms with E-state index in [0.717, 1.165) is 24.5 Å². The molecule has 0 saturated heterocycles. The van der Waals surface area contributed by atoms with Crippen LogP contribution < -0.4 is 15.8 Å². The van der Waals surface area contributed by atoms with Gasteiger partial charge in [-0.1, -0.05) is 12.8 Å². The second kappa shape index (κ2) is 9.32. The summed E-state index contributed by atoms with van der Waals surface area (Å²) < 4.78 is 5.15. The van der Waals surface area contributed by atoms with Gasteiger partial charge in [0.25, 0.3) is 0 Å². The second-order valence-corrected chi connectivity index (χ2v) is 6.50. The lowest BCUT2D eigenvalue weighted by atomic mass is 9.86. The molecular weight excluding hydrogens is 403 g/mol. The maximum absolute atomic E-state index is 6.04. The molecule has 2 rings (SSSR count). The Bertz CT molecular complexity index is 496. The normalized spacial score (nSPS) is 17.0. The monoisotopic (exact) mass is 432 g/mol. The van der Waals surface area contributed by atoms with Crippen LogP contribution in [0.5, 0.6) is 5.75 Å². The average molecular weight is 432 g/mol. The highest BCUT2D eigenvalue weighted by atomic mass is 127. The first-order valence-electron chi connectivity index (χ1n) is 7.89. The summed E-state index contributed by atoms with van der Waals surface area (Å²) in [4.78, 5) is 6.85. The van der Waals surface area contributed by atoms with Gasteiger partial charge in [-0.3, -0.25) is 4.99 Å². The fourth-order valence-electron chi connectivity index (χ4n) is 3.28. The number of nitrogens with zero attached hydrogens (tertiary/aromatic N) is 2. The van der Waals surface area contributed by atoms with Crippen LogP contribution in [0.1, 0.15) is 25.7 Å². The number of aliphatic imine (C=N–C) groups is 1. The Hall–Kier alpha value is -1.02. The van der Waals surface area contributed by atoms with Gasteiger partial charge in [-0.05, 0) is 51.2 Å². The SMILES string of the molecule is COc1ccc(NC(N)=NCC2(CN(C)C)CCCC2)cc1.I. The van der Waals surface area contributed by atoms with Crippen molar-refractivity contribution in [2.45, 2.75) is 25.7 Å². The predicted octanol–water partition coefficient (Wildman–Crippen LogP) is 3.16. The number of nitrogens with two attached hydrogens (primary N) is 1. The molecule has 1 aromatic carbocycles. The molecule has 0 spiro atoms. The van der Waals surface area contributed by atoms with Crippen LogP contribution in [0.15, 0.2) is 29.3 Å². The molecule has 3 N–H and O–H groups in total. The Labute approximate surface area is 156 Å². The van der Waals surface area contributed by atoms with Gasteiger partial charge in [0.1, 0.15) is 5.75 Å². The Morgan fingerprint density at radius 3 is 2.39 bits per heavy atom. The van der Waals surface area contributed by atoms with Crippen molar-refractivity contribution >= 4 is 35.6 Å². The van der Waals surface area contributed by atoms with E-state index in [1.807, 2.05) is 24.3 Å². The molecule has 0 amide bonds. The van der Waals surface area contributed by atoms with E-state index in [-0.39, 0.29) is 29.4 Å². The quantitative estimate of drug-likeness (QED) is 0.412. The summed E-state index contributed by atoms with van der Waals surface area (Å²) in [5.41, 5.74) is 7.25. The zero-order valence-electron chi connectivity index (χ0n) is 14.3. The van der Waals surface area contributed by atoms with Gasteiger partial charge >= 0.3 is 0 Å². The molecule has 0 unspecified atom stereocenters. The number of hydrogen-bond acceptors (Lipinski definition) is 3. The fourth-order valence-corrected chi connectivity index (χ4v) is 3.28. The van der Waals surface area contributed by atoms with Crippen LogP contribution in [0.3, 0.4) is 0 Å². The van der Waals surface area contributed by atoms with E-state index >= 15 is 0 Å². The Balaban J connectivity index is 0.00000264. The summed E-state index contributed by atoms with van der Waals surface area (Å²) in [5, 5.41) is 3.15. The predicted molar refractivity (Wildman–Crippen MR) is 108 cm³/mol. The van der Waals surface area contributed by atoms with Crippen molar-refractivity contribution in [1.82, 2.24) is 4.90 Å². The van der Waals surface area contributed by atoms with Gasteiger partial charge in [0.15, 0.2) is 5.96 Å². The Kier molecular flexibility index (Phi) is 8.11. The number of methoxy groups -OCH3 is 1. The minimum atomic E-state index is 0. The van der Waals surface area contributed by atoms with Gasteiger partial charge in [-0.25, -0.2) is 0 Å². The van der Waals surface area contributed by atoms with E-state index in [1.165, 1.54) is 25.7 Å². The maximum atomic E-state index is 6.04. The zero-order valence-corrected chi connectivity index (χ0v) is 16.7. The lowest BCUT2D eigenvalue weighted by molar-refractivity contribution is 0.210. The van der Waals surface area contributed by atoms with Crippen molar-refractivity contribution < 1.29 is 4.74 Å². The zero-order chi connectivity index (χ0) is 16.0. The van der Waals surface area contributed by atoms with E-state index in [9.17, 15) is 0 Å². The van der Waals surface area contributed by atoms with Crippen LogP contribution in [0.4, 0.5) is 5.69 Å². The summed E-state index contributed by atoms with van der Waals surface area (Å²) in [6, 6.07) is 7.68. The van der Waals surface area contributed by atoms with Gasteiger partial charge < -0.3 is 20.7 Å². The summed E-state index contributed by atoms with van der Waals surface area (Å²) in [6.07, 6.45) is 5.08. The lowest BCUT2D eigenvalue weighted by Crippen LogP contribution is -2.35. The van der Waals surface area contributed by atoms with E-state index in [4.69, 9.17) is 10.5 Å². The first kappa shape index (κ1) is 20.0. The van der Waals surface area contributed by atoms with Crippen LogP contribution in [0, 0.1) is 5.41 Å². The molecule has 0 radical (unpaired) electrons. The molecule has 1 aliphatic rings. The van der Waals surface area contributed by atoms with Crippen molar-refractivity contribution in [3.05, 3.63) is 24.3 Å². The first-order chi connectivity index (χ1) is 10.5. The van der Waals surface area contributed by atoms with Crippen LogP contribution in [0.25, 0.3) is 0 Å². The average Bonchev–Trinajstić information content (AvgIpc) is 2.94. The van der Waals surface area contributed by atoms with Crippen molar-refractivity contribution in [3.63, 3.8) is 0 Å². The van der Waals surface area contributed by atoms with Gasteiger partial charge in [-0.15, -0.1) is 24.0 Å². The van der Waals surface area contributed by atoms with Crippen LogP contribution >= 0.6 is 24.0 Å². The molecule has 6 heteroatoms. The number of rotatable bonds is 6. The van der Waals surface area contributed by atoms with Crippen LogP contribution in [0.2, 0.25) is 0 Å². The van der Waals surface area contributed by atoms with Crippen molar-refractivity contribution in [3.8, 4) is 5.75 Å². The number of nitrogens with one attached hydrogen (secondary N) is 1. The van der Waals surface area contributed by atoms with Gasteiger partial charge in [0.05, 0.1) is 7.11 Å². The molecule has 0 aromatic heterocycles. The minimum absolute atomic E-state index is 0. The summed E-state index contributed by atoms with van der Waals surface area (Å²) in [6.45, 7) is 1.87. The molecule has 1 saturated carbocycles. The minimum Gasteiger partial charge on any atom is -0.497 e. The molecule has 0 aliphatic heterocycles. The van der Waals surface area contributed by atoms with Crippen molar-refractivity contribution in [2.75, 3.05) is 39.6 Å². The highest BCUT2D eigenvalue weighted by Gasteiger charge is 2.34. The van der Waals surface area contributed by atoms with Crippen molar-refractivity contribution in [1.29, 1.82) is 0 Å². The molecule has 130 valence electrons. The van der Waals surface area contributed by atoms with Crippen LogP contribution in [-0.4, -0.2) is 45.2 Å². The van der Waals surface area contributed by atoms with Crippen LogP contribution in [-0.2, 0) is 0 Å². The highest BCUT2D eigenvalue weighted by Crippen LogP contribution is 2.38. The number of guanidine groups is 1. The molecule has 0 heterocycles. The molecule has 1 aliphatic carbocycles. The smallest absolute Gasteiger partial charge is 0.193 e. The molecule has 0 atom stereocenters. The van der Waals surface area contributed by atoms with Gasteiger partial charge in [0.2, 0.25) is 0 Å². The molecule has 23 heavy (non-hydrogen) atoms. The standard InChI is InChI=1S/C17H28N4O.HI/c1-21(2)13-17(10-4-5-11-17)12-19-16(18)20-14-6-8-15(22-3)9-7-14;/h6-9H,4-5,10-13H2,1-3H3,(H3,18,19,20);1H. The molecular formula is C17H29IN4O. The largest absolute Gasteiger partial charge is 0.497 e. The number of hydrogen-bond donors (Lipinski definition) is 2. The highest BCUT2D eigenvalue weighted by molar-refractivity contribution is 14.0. The number of benzene rings is 1. The summed E-state index contributed by atoms with van der Waals surface area (Å²) in [5.74, 6) is 1.31. The van der Waals surface area contributed by atoms with Gasteiger partial charge in [-0.2, -0.15) is 0 Å². The summed E-state index contributed by atoms with van der Waals surface area (Å²) in [7, 11) is 5.91.